The van der Waals surface area contributed by atoms with Crippen LogP contribution in [0.4, 0.5) is 11.4 Å². The molecule has 7 nitrogen and oxygen atoms in total. The number of hydrogen-bond acceptors (Lipinski definition) is 6. The second-order valence-corrected chi connectivity index (χ2v) is 7.21. The van der Waals surface area contributed by atoms with E-state index in [0.717, 1.165) is 11.8 Å². The molecule has 0 aliphatic heterocycles. The van der Waals surface area contributed by atoms with Gasteiger partial charge in [-0.1, -0.05) is 12.1 Å². The van der Waals surface area contributed by atoms with Crippen LogP contribution < -0.4 is 5.32 Å². The third-order valence-electron chi connectivity index (χ3n) is 3.42. The zero-order valence-electron chi connectivity index (χ0n) is 12.9. The molecule has 0 aliphatic rings. The number of nitrogens with one attached hydrogen (secondary N) is 1. The third-order valence-corrected chi connectivity index (χ3v) is 4.54. The van der Waals surface area contributed by atoms with Crippen molar-refractivity contribution in [2.75, 3.05) is 18.1 Å². The average molecular weight is 345 g/mol. The zero-order valence-corrected chi connectivity index (χ0v) is 13.7. The van der Waals surface area contributed by atoms with Crippen molar-refractivity contribution >= 4 is 21.2 Å². The summed E-state index contributed by atoms with van der Waals surface area (Å²) in [6, 6.07) is 12.6. The summed E-state index contributed by atoms with van der Waals surface area (Å²) in [6.45, 7) is 0.505. The molecule has 0 unspecified atom stereocenters. The molecule has 0 aromatic heterocycles. The molecule has 0 saturated carbocycles. The van der Waals surface area contributed by atoms with Gasteiger partial charge in [0.25, 0.3) is 5.69 Å². The Balaban J connectivity index is 2.02. The van der Waals surface area contributed by atoms with Crippen LogP contribution in [0.5, 0.6) is 0 Å². The van der Waals surface area contributed by atoms with Crippen LogP contribution in [-0.4, -0.2) is 26.1 Å². The lowest BCUT2D eigenvalue weighted by Gasteiger charge is -2.08. The van der Waals surface area contributed by atoms with E-state index in [2.05, 4.69) is 5.32 Å². The monoisotopic (exact) mass is 345 g/mol. The maximum Gasteiger partial charge on any atom is 0.270 e. The molecule has 0 saturated heterocycles. The first kappa shape index (κ1) is 17.4. The standard InChI is InChI=1S/C16H15N3O4S/c1-24(22,23)15-5-2-12(3-6-15)8-9-18-16-7-4-14(19(20)21)10-13(16)11-17/h2-7,10,18H,8-9H2,1H3. The molecular weight excluding hydrogens is 330 g/mol. The van der Waals surface area contributed by atoms with Gasteiger partial charge in [-0.2, -0.15) is 5.26 Å². The van der Waals surface area contributed by atoms with Crippen LogP contribution in [0, 0.1) is 21.4 Å². The lowest BCUT2D eigenvalue weighted by atomic mass is 10.1. The maximum atomic E-state index is 11.4. The Morgan fingerprint density at radius 1 is 1.21 bits per heavy atom. The van der Waals surface area contributed by atoms with E-state index in [-0.39, 0.29) is 16.1 Å². The number of rotatable bonds is 6. The molecule has 0 fully saturated rings. The van der Waals surface area contributed by atoms with E-state index in [4.69, 9.17) is 5.26 Å². The molecular formula is C16H15N3O4S. The molecule has 0 spiro atoms. The summed E-state index contributed by atoms with van der Waals surface area (Å²) >= 11 is 0. The third kappa shape index (κ3) is 4.30. The predicted molar refractivity (Wildman–Crippen MR) is 89.6 cm³/mol. The first-order chi connectivity index (χ1) is 11.3. The lowest BCUT2D eigenvalue weighted by molar-refractivity contribution is -0.384. The van der Waals surface area contributed by atoms with E-state index < -0.39 is 14.8 Å². The summed E-state index contributed by atoms with van der Waals surface area (Å²) in [5.41, 5.74) is 1.54. The second kappa shape index (κ2) is 7.10. The van der Waals surface area contributed by atoms with Gasteiger partial charge in [-0.15, -0.1) is 0 Å². The SMILES string of the molecule is CS(=O)(=O)c1ccc(CCNc2ccc([N+](=O)[O-])cc2C#N)cc1. The molecule has 24 heavy (non-hydrogen) atoms. The average Bonchev–Trinajstić information content (AvgIpc) is 2.54. The minimum absolute atomic E-state index is 0.131. The fourth-order valence-corrected chi connectivity index (χ4v) is 2.77. The van der Waals surface area contributed by atoms with Crippen molar-refractivity contribution < 1.29 is 13.3 Å². The quantitative estimate of drug-likeness (QED) is 0.636. The van der Waals surface area contributed by atoms with Crippen LogP contribution in [-0.2, 0) is 16.3 Å². The number of nitrogens with zero attached hydrogens (tertiary/aromatic N) is 2. The van der Waals surface area contributed by atoms with Crippen molar-refractivity contribution in [1.29, 1.82) is 5.26 Å². The predicted octanol–water partition coefficient (Wildman–Crippen LogP) is 2.52. The van der Waals surface area contributed by atoms with E-state index in [1.54, 1.807) is 24.3 Å². The molecule has 8 heteroatoms. The summed E-state index contributed by atoms with van der Waals surface area (Å²) in [5.74, 6) is 0. The Labute approximate surface area is 139 Å². The number of anilines is 1. The van der Waals surface area contributed by atoms with Crippen LogP contribution in [0.15, 0.2) is 47.4 Å². The summed E-state index contributed by atoms with van der Waals surface area (Å²) in [7, 11) is -3.21. The highest BCUT2D eigenvalue weighted by molar-refractivity contribution is 7.90. The molecule has 1 N–H and O–H groups in total. The van der Waals surface area contributed by atoms with Crippen molar-refractivity contribution in [2.45, 2.75) is 11.3 Å². The van der Waals surface area contributed by atoms with Gasteiger partial charge >= 0.3 is 0 Å². The molecule has 2 aromatic carbocycles. The van der Waals surface area contributed by atoms with Crippen LogP contribution in [0.3, 0.4) is 0 Å². The number of nitro benzene ring substituents is 1. The molecule has 0 radical (unpaired) electrons. The lowest BCUT2D eigenvalue weighted by Crippen LogP contribution is -2.07. The minimum atomic E-state index is -3.21. The topological polar surface area (TPSA) is 113 Å². The molecule has 2 aromatic rings. The number of hydrogen-bond donors (Lipinski definition) is 1. The highest BCUT2D eigenvalue weighted by Gasteiger charge is 2.10. The van der Waals surface area contributed by atoms with Crippen LogP contribution >= 0.6 is 0 Å². The van der Waals surface area contributed by atoms with E-state index in [1.165, 1.54) is 18.2 Å². The largest absolute Gasteiger partial charge is 0.384 e. The summed E-state index contributed by atoms with van der Waals surface area (Å²) in [4.78, 5) is 10.4. The van der Waals surface area contributed by atoms with Gasteiger partial charge < -0.3 is 5.32 Å². The highest BCUT2D eigenvalue weighted by Crippen LogP contribution is 2.21. The molecule has 0 amide bonds. The van der Waals surface area contributed by atoms with Gasteiger partial charge in [0.15, 0.2) is 9.84 Å². The van der Waals surface area contributed by atoms with Crippen molar-refractivity contribution in [2.24, 2.45) is 0 Å². The fourth-order valence-electron chi connectivity index (χ4n) is 2.14. The number of sulfone groups is 1. The van der Waals surface area contributed by atoms with Crippen LogP contribution in [0.2, 0.25) is 0 Å². The van der Waals surface area contributed by atoms with Crippen molar-refractivity contribution in [3.8, 4) is 6.07 Å². The van der Waals surface area contributed by atoms with E-state index in [1.807, 2.05) is 6.07 Å². The van der Waals surface area contributed by atoms with E-state index in [0.29, 0.717) is 18.7 Å². The zero-order chi connectivity index (χ0) is 17.7. The molecule has 0 aliphatic carbocycles. The Morgan fingerprint density at radius 2 is 1.88 bits per heavy atom. The van der Waals surface area contributed by atoms with Crippen molar-refractivity contribution in [3.63, 3.8) is 0 Å². The molecule has 2 rings (SSSR count). The van der Waals surface area contributed by atoms with Gasteiger partial charge in [0.1, 0.15) is 6.07 Å². The second-order valence-electron chi connectivity index (χ2n) is 5.19. The van der Waals surface area contributed by atoms with Gasteiger partial charge in [-0.25, -0.2) is 8.42 Å². The van der Waals surface area contributed by atoms with Crippen LogP contribution in [0.1, 0.15) is 11.1 Å². The summed E-state index contributed by atoms with van der Waals surface area (Å²) in [6.07, 6.45) is 1.77. The Kier molecular flexibility index (Phi) is 5.16. The summed E-state index contributed by atoms with van der Waals surface area (Å²) < 4.78 is 22.8. The minimum Gasteiger partial charge on any atom is -0.384 e. The first-order valence-corrected chi connectivity index (χ1v) is 8.92. The number of benzene rings is 2. The number of non-ortho nitro benzene ring substituents is 1. The van der Waals surface area contributed by atoms with E-state index >= 15 is 0 Å². The Bertz CT molecular complexity index is 900. The Morgan fingerprint density at radius 3 is 2.42 bits per heavy atom. The Hall–Kier alpha value is -2.92. The van der Waals surface area contributed by atoms with Gasteiger partial charge in [0.2, 0.25) is 0 Å². The van der Waals surface area contributed by atoms with Gasteiger partial charge in [-0.05, 0) is 30.2 Å². The van der Waals surface area contributed by atoms with Crippen molar-refractivity contribution in [1.82, 2.24) is 0 Å². The molecule has 0 heterocycles. The number of nitro groups is 1. The number of nitriles is 1. The normalized spacial score (nSPS) is 10.8. The van der Waals surface area contributed by atoms with Gasteiger partial charge in [-0.3, -0.25) is 10.1 Å². The highest BCUT2D eigenvalue weighted by atomic mass is 32.2. The molecule has 0 atom stereocenters. The van der Waals surface area contributed by atoms with Crippen LogP contribution in [0.25, 0.3) is 0 Å². The molecule has 0 bridgehead atoms. The van der Waals surface area contributed by atoms with Gasteiger partial charge in [0.05, 0.1) is 21.1 Å². The van der Waals surface area contributed by atoms with Gasteiger partial charge in [0, 0.05) is 24.9 Å². The first-order valence-electron chi connectivity index (χ1n) is 7.02. The van der Waals surface area contributed by atoms with E-state index in [9.17, 15) is 18.5 Å². The smallest absolute Gasteiger partial charge is 0.270 e. The fraction of sp³-hybridized carbons (Fsp3) is 0.188. The molecule has 124 valence electrons. The summed E-state index contributed by atoms with van der Waals surface area (Å²) in [5, 5.41) is 22.8. The maximum absolute atomic E-state index is 11.4. The van der Waals surface area contributed by atoms with Crippen molar-refractivity contribution in [3.05, 3.63) is 63.7 Å².